The topological polar surface area (TPSA) is 102 Å². The average molecular weight is 678 g/mol. The largest absolute Gasteiger partial charge is 0.368 e. The SMILES string of the molecule is CN1CCN(c2nc(N3CCN(c4ccc(C(=O)N[C@H](C(=O)N5C[C@@H](C(C)(C)C)[C@H]6OCC(=O)[C@H]65)C5CCCC5)cc4)CC3)cs2)CC1. The maximum atomic E-state index is 14.2. The van der Waals surface area contributed by atoms with Gasteiger partial charge in [0.25, 0.3) is 5.91 Å². The molecule has 5 aliphatic rings. The monoisotopic (exact) mass is 677 g/mol. The van der Waals surface area contributed by atoms with Crippen molar-refractivity contribution in [3.63, 3.8) is 0 Å². The summed E-state index contributed by atoms with van der Waals surface area (Å²) in [6, 6.07) is 6.55. The highest BCUT2D eigenvalue weighted by molar-refractivity contribution is 7.14. The number of rotatable bonds is 7. The van der Waals surface area contributed by atoms with Crippen LogP contribution in [0.5, 0.6) is 0 Å². The van der Waals surface area contributed by atoms with Crippen molar-refractivity contribution in [1.29, 1.82) is 0 Å². The summed E-state index contributed by atoms with van der Waals surface area (Å²) in [5.41, 5.74) is 1.51. The molecule has 12 heteroatoms. The van der Waals surface area contributed by atoms with Crippen LogP contribution < -0.4 is 20.0 Å². The van der Waals surface area contributed by atoms with Gasteiger partial charge < -0.3 is 34.6 Å². The van der Waals surface area contributed by atoms with Crippen LogP contribution in [0.1, 0.15) is 56.8 Å². The van der Waals surface area contributed by atoms with E-state index in [-0.39, 0.29) is 47.6 Å². The Bertz CT molecular complexity index is 1470. The normalized spacial score (nSPS) is 26.3. The number of benzene rings is 1. The lowest BCUT2D eigenvalue weighted by atomic mass is 9.78. The van der Waals surface area contributed by atoms with Crippen molar-refractivity contribution in [1.82, 2.24) is 20.1 Å². The number of hydrogen-bond donors (Lipinski definition) is 1. The van der Waals surface area contributed by atoms with Crippen LogP contribution in [0.2, 0.25) is 0 Å². The minimum absolute atomic E-state index is 0.0324. The standard InChI is InChI=1S/C36H51N7O4S/c1-36(2,3)27-21-43(31-28(44)22-47-32(27)31)34(46)30(24-7-5-6-8-24)38-33(45)25-9-11-26(12-10-25)40-17-19-41(20-18-40)29-23-48-35(37-29)42-15-13-39(4)14-16-42/h9-12,23-24,27,30-32H,5-8,13-22H2,1-4H3,(H,38,45)/t27-,30+,31-,32-/m1/s1. The molecule has 1 saturated carbocycles. The van der Waals surface area contributed by atoms with Gasteiger partial charge in [0.1, 0.15) is 24.5 Å². The second-order valence-electron chi connectivity index (χ2n) is 15.4. The molecule has 0 bridgehead atoms. The highest BCUT2D eigenvalue weighted by atomic mass is 32.1. The lowest BCUT2D eigenvalue weighted by Gasteiger charge is -2.36. The van der Waals surface area contributed by atoms with Gasteiger partial charge in [-0.15, -0.1) is 11.3 Å². The molecule has 0 radical (unpaired) electrons. The summed E-state index contributed by atoms with van der Waals surface area (Å²) in [6.07, 6.45) is 3.61. The molecule has 1 aromatic carbocycles. The third-order valence-corrected chi connectivity index (χ3v) is 12.2. The molecular formula is C36H51N7O4S. The van der Waals surface area contributed by atoms with Crippen molar-refractivity contribution in [3.05, 3.63) is 35.2 Å². The molecule has 0 spiro atoms. The summed E-state index contributed by atoms with van der Waals surface area (Å²) in [5, 5.41) is 6.44. The van der Waals surface area contributed by atoms with Crippen LogP contribution in [-0.2, 0) is 14.3 Å². The molecule has 2 amide bonds. The molecule has 7 rings (SSSR count). The third-order valence-electron chi connectivity index (χ3n) is 11.4. The number of likely N-dealkylation sites (N-methyl/N-ethyl adjacent to an activating group) is 1. The minimum Gasteiger partial charge on any atom is -0.368 e. The number of thiazole rings is 1. The smallest absolute Gasteiger partial charge is 0.251 e. The van der Waals surface area contributed by atoms with E-state index in [1.807, 2.05) is 24.3 Å². The van der Waals surface area contributed by atoms with Crippen molar-refractivity contribution in [2.24, 2.45) is 17.3 Å². The highest BCUT2D eigenvalue weighted by Gasteiger charge is 2.56. The zero-order valence-corrected chi connectivity index (χ0v) is 29.7. The van der Waals surface area contributed by atoms with E-state index in [1.165, 1.54) is 0 Å². The van der Waals surface area contributed by atoms with Gasteiger partial charge >= 0.3 is 0 Å². The summed E-state index contributed by atoms with van der Waals surface area (Å²) in [6.45, 7) is 14.7. The number of carbonyl (C=O) groups is 3. The number of carbonyl (C=O) groups excluding carboxylic acids is 3. The maximum absolute atomic E-state index is 14.2. The first-order chi connectivity index (χ1) is 23.1. The number of ketones is 1. The second-order valence-corrected chi connectivity index (χ2v) is 16.3. The third kappa shape index (κ3) is 6.67. The number of piperazine rings is 2. The van der Waals surface area contributed by atoms with Crippen LogP contribution in [0.4, 0.5) is 16.6 Å². The molecular weight excluding hydrogens is 627 g/mol. The predicted molar refractivity (Wildman–Crippen MR) is 189 cm³/mol. The maximum Gasteiger partial charge on any atom is 0.251 e. The van der Waals surface area contributed by atoms with Crippen molar-refractivity contribution in [2.45, 2.75) is 64.6 Å². The number of aromatic nitrogens is 1. The first kappa shape index (κ1) is 33.3. The Labute approximate surface area is 288 Å². The number of Topliss-reactive ketones (excluding diaryl/α,β-unsaturated/α-hetero) is 1. The number of nitrogens with zero attached hydrogens (tertiary/aromatic N) is 6. The van der Waals surface area contributed by atoms with E-state index in [9.17, 15) is 14.4 Å². The van der Waals surface area contributed by atoms with Gasteiger partial charge in [0.05, 0.1) is 6.10 Å². The fourth-order valence-electron chi connectivity index (χ4n) is 8.29. The number of fused-ring (bicyclic) bond motifs is 1. The van der Waals surface area contributed by atoms with Crippen LogP contribution >= 0.6 is 11.3 Å². The lowest BCUT2D eigenvalue weighted by molar-refractivity contribution is -0.139. The fourth-order valence-corrected chi connectivity index (χ4v) is 9.18. The molecule has 4 atom stereocenters. The molecule has 1 aromatic heterocycles. The number of nitrogens with one attached hydrogen (secondary N) is 1. The van der Waals surface area contributed by atoms with E-state index >= 15 is 0 Å². The molecule has 48 heavy (non-hydrogen) atoms. The number of likely N-dealkylation sites (tertiary alicyclic amines) is 1. The summed E-state index contributed by atoms with van der Waals surface area (Å²) < 4.78 is 5.94. The molecule has 5 fully saturated rings. The number of anilines is 3. The summed E-state index contributed by atoms with van der Waals surface area (Å²) in [4.78, 5) is 57.0. The van der Waals surface area contributed by atoms with Gasteiger partial charge in [-0.1, -0.05) is 33.6 Å². The number of amides is 2. The zero-order valence-electron chi connectivity index (χ0n) is 28.9. The minimum atomic E-state index is -0.650. The van der Waals surface area contributed by atoms with Crippen LogP contribution in [0.15, 0.2) is 29.6 Å². The number of ether oxygens (including phenoxy) is 1. The molecule has 1 aliphatic carbocycles. The first-order valence-electron chi connectivity index (χ1n) is 17.8. The van der Waals surface area contributed by atoms with Gasteiger partial charge in [0.2, 0.25) is 5.91 Å². The van der Waals surface area contributed by atoms with Gasteiger partial charge in [0, 0.05) is 81.5 Å². The van der Waals surface area contributed by atoms with Crippen molar-refractivity contribution < 1.29 is 19.1 Å². The summed E-state index contributed by atoms with van der Waals surface area (Å²) in [5.74, 6) is 0.782. The Morgan fingerprint density at radius 3 is 2.25 bits per heavy atom. The Balaban J connectivity index is 0.975. The molecule has 11 nitrogen and oxygen atoms in total. The Kier molecular flexibility index (Phi) is 9.42. The van der Waals surface area contributed by atoms with Gasteiger partial charge in [0.15, 0.2) is 10.9 Å². The average Bonchev–Trinajstić information content (AvgIpc) is 3.90. The predicted octanol–water partition coefficient (Wildman–Crippen LogP) is 3.35. The zero-order chi connectivity index (χ0) is 33.6. The van der Waals surface area contributed by atoms with E-state index in [1.54, 1.807) is 16.2 Å². The summed E-state index contributed by atoms with van der Waals surface area (Å²) >= 11 is 1.74. The van der Waals surface area contributed by atoms with E-state index in [0.717, 1.165) is 94.7 Å². The molecule has 5 heterocycles. The van der Waals surface area contributed by atoms with Crippen molar-refractivity contribution in [3.8, 4) is 0 Å². The molecule has 4 aliphatic heterocycles. The van der Waals surface area contributed by atoms with E-state index in [0.29, 0.717) is 12.1 Å². The van der Waals surface area contributed by atoms with E-state index in [4.69, 9.17) is 9.72 Å². The molecule has 0 unspecified atom stereocenters. The number of hydrogen-bond acceptors (Lipinski definition) is 10. The van der Waals surface area contributed by atoms with Gasteiger partial charge in [-0.3, -0.25) is 14.4 Å². The van der Waals surface area contributed by atoms with Crippen LogP contribution in [0.3, 0.4) is 0 Å². The first-order valence-corrected chi connectivity index (χ1v) is 18.7. The lowest BCUT2D eigenvalue weighted by Crippen LogP contribution is -2.54. The molecule has 260 valence electrons. The molecule has 1 N–H and O–H groups in total. The highest BCUT2D eigenvalue weighted by Crippen LogP contribution is 2.42. The van der Waals surface area contributed by atoms with Crippen LogP contribution in [-0.4, -0.2) is 123 Å². The van der Waals surface area contributed by atoms with Gasteiger partial charge in [-0.05, 0) is 55.5 Å². The molecule has 4 saturated heterocycles. The fraction of sp³-hybridized carbons (Fsp3) is 0.667. The summed E-state index contributed by atoms with van der Waals surface area (Å²) in [7, 11) is 2.17. The second kappa shape index (κ2) is 13.6. The Hall–Kier alpha value is -3.22. The van der Waals surface area contributed by atoms with Crippen molar-refractivity contribution in [2.75, 3.05) is 87.3 Å². The van der Waals surface area contributed by atoms with E-state index < -0.39 is 12.1 Å². The van der Waals surface area contributed by atoms with Gasteiger partial charge in [-0.25, -0.2) is 4.98 Å². The quantitative estimate of drug-likeness (QED) is 0.473. The van der Waals surface area contributed by atoms with Gasteiger partial charge in [-0.2, -0.15) is 0 Å². The van der Waals surface area contributed by atoms with Crippen LogP contribution in [0.25, 0.3) is 0 Å². The Morgan fingerprint density at radius 2 is 1.58 bits per heavy atom. The van der Waals surface area contributed by atoms with Crippen LogP contribution in [0, 0.1) is 17.3 Å². The Morgan fingerprint density at radius 1 is 0.938 bits per heavy atom. The van der Waals surface area contributed by atoms with E-state index in [2.05, 4.69) is 58.1 Å². The van der Waals surface area contributed by atoms with Crippen molar-refractivity contribution >= 4 is 45.6 Å². The molecule has 2 aromatic rings.